The van der Waals surface area contributed by atoms with Crippen molar-refractivity contribution in [1.82, 2.24) is 15.1 Å². The molecular formula is C11H14N4OS. The Kier molecular flexibility index (Phi) is 2.89. The van der Waals surface area contributed by atoms with Crippen molar-refractivity contribution in [2.45, 2.75) is 6.92 Å². The van der Waals surface area contributed by atoms with E-state index in [1.807, 2.05) is 14.0 Å². The average Bonchev–Trinajstić information content (AvgIpc) is 2.76. The van der Waals surface area contributed by atoms with Gasteiger partial charge in [-0.1, -0.05) is 6.08 Å². The Labute approximate surface area is 103 Å². The Hall–Kier alpha value is -1.82. The monoisotopic (exact) mass is 250 g/mol. The van der Waals surface area contributed by atoms with Crippen molar-refractivity contribution in [2.24, 2.45) is 7.05 Å². The van der Waals surface area contributed by atoms with E-state index in [0.29, 0.717) is 17.1 Å². The molecule has 0 bridgehead atoms. The first kappa shape index (κ1) is 11.7. The van der Waals surface area contributed by atoms with Gasteiger partial charge in [-0.15, -0.1) is 17.9 Å². The van der Waals surface area contributed by atoms with E-state index in [-0.39, 0.29) is 5.91 Å². The van der Waals surface area contributed by atoms with E-state index >= 15 is 0 Å². The van der Waals surface area contributed by atoms with Crippen molar-refractivity contribution in [3.05, 3.63) is 23.2 Å². The summed E-state index contributed by atoms with van der Waals surface area (Å²) < 4.78 is 1.75. The summed E-state index contributed by atoms with van der Waals surface area (Å²) in [7, 11) is 1.84. The summed E-state index contributed by atoms with van der Waals surface area (Å²) in [5.41, 5.74) is 7.35. The van der Waals surface area contributed by atoms with E-state index in [2.05, 4.69) is 17.0 Å². The lowest BCUT2D eigenvalue weighted by molar-refractivity contribution is 0.0963. The molecule has 0 fully saturated rings. The minimum atomic E-state index is -0.164. The number of thiophene rings is 1. The molecule has 0 aliphatic rings. The molecule has 0 aliphatic heterocycles. The fraction of sp³-hybridized carbons (Fsp3) is 0.273. The van der Waals surface area contributed by atoms with Crippen LogP contribution in [-0.2, 0) is 7.05 Å². The standard InChI is InChI=1S/C11H14N4OS/c1-4-5-13-10(16)9-8(12)7-6(2)14-15(3)11(7)17-9/h4H,1,5,12H2,2-3H3,(H,13,16). The molecular weight excluding hydrogens is 236 g/mol. The third-order valence-corrected chi connectivity index (χ3v) is 3.77. The van der Waals surface area contributed by atoms with Gasteiger partial charge in [0.25, 0.3) is 5.91 Å². The molecule has 0 atom stereocenters. The van der Waals surface area contributed by atoms with Gasteiger partial charge < -0.3 is 11.1 Å². The summed E-state index contributed by atoms with van der Waals surface area (Å²) in [6, 6.07) is 0. The van der Waals surface area contributed by atoms with Gasteiger partial charge in [0.1, 0.15) is 9.71 Å². The number of nitrogens with two attached hydrogens (primary N) is 1. The van der Waals surface area contributed by atoms with Crippen LogP contribution >= 0.6 is 11.3 Å². The molecule has 2 aromatic rings. The number of aryl methyl sites for hydroxylation is 2. The largest absolute Gasteiger partial charge is 0.397 e. The number of rotatable bonds is 3. The molecule has 6 heteroatoms. The molecule has 0 unspecified atom stereocenters. The van der Waals surface area contributed by atoms with Crippen LogP contribution in [0.5, 0.6) is 0 Å². The van der Waals surface area contributed by atoms with E-state index in [4.69, 9.17) is 5.73 Å². The lowest BCUT2D eigenvalue weighted by Crippen LogP contribution is -2.23. The van der Waals surface area contributed by atoms with Crippen LogP contribution in [0.15, 0.2) is 12.7 Å². The number of hydrogen-bond acceptors (Lipinski definition) is 4. The number of anilines is 1. The molecule has 90 valence electrons. The highest BCUT2D eigenvalue weighted by molar-refractivity contribution is 7.21. The highest BCUT2D eigenvalue weighted by Gasteiger charge is 2.20. The molecule has 1 amide bonds. The van der Waals surface area contributed by atoms with E-state index in [1.165, 1.54) is 11.3 Å². The SMILES string of the molecule is C=CCNC(=O)c1sc2c(c(C)nn2C)c1N. The first-order valence-corrected chi connectivity index (χ1v) is 5.98. The minimum absolute atomic E-state index is 0.164. The Balaban J connectivity index is 2.49. The third-order valence-electron chi connectivity index (χ3n) is 2.50. The molecule has 2 aromatic heterocycles. The van der Waals surface area contributed by atoms with Crippen LogP contribution in [0.3, 0.4) is 0 Å². The van der Waals surface area contributed by atoms with Gasteiger partial charge in [0, 0.05) is 13.6 Å². The van der Waals surface area contributed by atoms with Gasteiger partial charge in [-0.05, 0) is 6.92 Å². The van der Waals surface area contributed by atoms with E-state index < -0.39 is 0 Å². The highest BCUT2D eigenvalue weighted by atomic mass is 32.1. The van der Waals surface area contributed by atoms with Crippen LogP contribution in [0.1, 0.15) is 15.4 Å². The van der Waals surface area contributed by atoms with Crippen LogP contribution in [-0.4, -0.2) is 22.2 Å². The van der Waals surface area contributed by atoms with Crippen molar-refractivity contribution >= 4 is 33.1 Å². The van der Waals surface area contributed by atoms with Gasteiger partial charge in [-0.2, -0.15) is 5.10 Å². The molecule has 0 spiro atoms. The van der Waals surface area contributed by atoms with Crippen LogP contribution in [0.4, 0.5) is 5.69 Å². The first-order chi connectivity index (χ1) is 8.06. The van der Waals surface area contributed by atoms with Crippen LogP contribution in [0, 0.1) is 6.92 Å². The third kappa shape index (κ3) is 1.80. The molecule has 0 saturated carbocycles. The average molecular weight is 250 g/mol. The molecule has 3 N–H and O–H groups in total. The Morgan fingerprint density at radius 1 is 1.71 bits per heavy atom. The van der Waals surface area contributed by atoms with Crippen molar-refractivity contribution in [2.75, 3.05) is 12.3 Å². The van der Waals surface area contributed by atoms with Crippen molar-refractivity contribution in [1.29, 1.82) is 0 Å². The number of carbonyl (C=O) groups is 1. The van der Waals surface area contributed by atoms with Gasteiger partial charge in [-0.3, -0.25) is 9.48 Å². The molecule has 0 radical (unpaired) electrons. The molecule has 5 nitrogen and oxygen atoms in total. The number of fused-ring (bicyclic) bond motifs is 1. The smallest absolute Gasteiger partial charge is 0.263 e. The maximum absolute atomic E-state index is 11.9. The molecule has 2 rings (SSSR count). The second-order valence-electron chi connectivity index (χ2n) is 3.73. The van der Waals surface area contributed by atoms with Crippen LogP contribution in [0.2, 0.25) is 0 Å². The normalized spacial score (nSPS) is 10.7. The quantitative estimate of drug-likeness (QED) is 0.810. The number of nitrogen functional groups attached to an aromatic ring is 1. The zero-order chi connectivity index (χ0) is 12.6. The lowest BCUT2D eigenvalue weighted by atomic mass is 10.2. The van der Waals surface area contributed by atoms with Crippen molar-refractivity contribution in [3.8, 4) is 0 Å². The summed E-state index contributed by atoms with van der Waals surface area (Å²) in [5.74, 6) is -0.164. The minimum Gasteiger partial charge on any atom is -0.397 e. The number of amides is 1. The van der Waals surface area contributed by atoms with Gasteiger partial charge in [0.05, 0.1) is 16.8 Å². The van der Waals surface area contributed by atoms with Crippen LogP contribution < -0.4 is 11.1 Å². The first-order valence-electron chi connectivity index (χ1n) is 5.17. The van der Waals surface area contributed by atoms with Crippen molar-refractivity contribution in [3.63, 3.8) is 0 Å². The molecule has 17 heavy (non-hydrogen) atoms. The van der Waals surface area contributed by atoms with Crippen molar-refractivity contribution < 1.29 is 4.79 Å². The zero-order valence-corrected chi connectivity index (χ0v) is 10.6. The fourth-order valence-electron chi connectivity index (χ4n) is 1.74. The highest BCUT2D eigenvalue weighted by Crippen LogP contribution is 2.35. The van der Waals surface area contributed by atoms with Gasteiger partial charge in [0.15, 0.2) is 0 Å². The Morgan fingerprint density at radius 2 is 2.41 bits per heavy atom. The summed E-state index contributed by atoms with van der Waals surface area (Å²) in [6.07, 6.45) is 1.63. The second kappa shape index (κ2) is 4.21. The number of hydrogen-bond donors (Lipinski definition) is 2. The van der Waals surface area contributed by atoms with Crippen LogP contribution in [0.25, 0.3) is 10.2 Å². The fourth-order valence-corrected chi connectivity index (χ4v) is 2.85. The predicted octanol–water partition coefficient (Wildman–Crippen LogP) is 1.44. The van der Waals surface area contributed by atoms with E-state index in [0.717, 1.165) is 15.9 Å². The van der Waals surface area contributed by atoms with E-state index in [1.54, 1.807) is 10.8 Å². The molecule has 0 aliphatic carbocycles. The Morgan fingerprint density at radius 3 is 3.00 bits per heavy atom. The summed E-state index contributed by atoms with van der Waals surface area (Å²) in [4.78, 5) is 13.3. The van der Waals surface area contributed by atoms with Gasteiger partial charge >= 0.3 is 0 Å². The summed E-state index contributed by atoms with van der Waals surface area (Å²) in [6.45, 7) is 5.87. The Bertz CT molecular complexity index is 596. The number of carbonyl (C=O) groups excluding carboxylic acids is 1. The maximum Gasteiger partial charge on any atom is 0.263 e. The molecule has 2 heterocycles. The topological polar surface area (TPSA) is 72.9 Å². The second-order valence-corrected chi connectivity index (χ2v) is 4.73. The predicted molar refractivity (Wildman–Crippen MR) is 70.3 cm³/mol. The summed E-state index contributed by atoms with van der Waals surface area (Å²) in [5, 5.41) is 7.87. The maximum atomic E-state index is 11.9. The van der Waals surface area contributed by atoms with Gasteiger partial charge in [0.2, 0.25) is 0 Å². The zero-order valence-electron chi connectivity index (χ0n) is 9.78. The van der Waals surface area contributed by atoms with E-state index in [9.17, 15) is 4.79 Å². The number of nitrogens with zero attached hydrogens (tertiary/aromatic N) is 2. The molecule has 0 aromatic carbocycles. The number of nitrogens with one attached hydrogen (secondary N) is 1. The molecule has 0 saturated heterocycles. The van der Waals surface area contributed by atoms with Gasteiger partial charge in [-0.25, -0.2) is 0 Å². The number of aromatic nitrogens is 2. The summed E-state index contributed by atoms with van der Waals surface area (Å²) >= 11 is 1.36. The lowest BCUT2D eigenvalue weighted by Gasteiger charge is -2.00.